The molecule has 1 aliphatic rings. The van der Waals surface area contributed by atoms with Crippen LogP contribution in [0, 0.1) is 5.92 Å². The molecule has 1 saturated carbocycles. The standard InChI is InChI=1S/C11H19NO/c1-9(2)7-8-12(3)11(13)10-5-4-6-10/h10H,1,4-8H2,2-3H3. The van der Waals surface area contributed by atoms with Crippen molar-refractivity contribution in [2.24, 2.45) is 5.92 Å². The van der Waals surface area contributed by atoms with Gasteiger partial charge in [0.15, 0.2) is 0 Å². The van der Waals surface area contributed by atoms with Crippen molar-refractivity contribution in [1.29, 1.82) is 0 Å². The van der Waals surface area contributed by atoms with Crippen LogP contribution in [0.2, 0.25) is 0 Å². The van der Waals surface area contributed by atoms with Crippen molar-refractivity contribution in [3.63, 3.8) is 0 Å². The quantitative estimate of drug-likeness (QED) is 0.609. The van der Waals surface area contributed by atoms with Crippen LogP contribution in [0.4, 0.5) is 0 Å². The van der Waals surface area contributed by atoms with Gasteiger partial charge in [-0.25, -0.2) is 0 Å². The van der Waals surface area contributed by atoms with Crippen molar-refractivity contribution < 1.29 is 4.79 Å². The van der Waals surface area contributed by atoms with Gasteiger partial charge in [0.05, 0.1) is 0 Å². The Kier molecular flexibility index (Phi) is 3.52. The number of amides is 1. The predicted octanol–water partition coefficient (Wildman–Crippen LogP) is 2.21. The number of nitrogens with zero attached hydrogens (tertiary/aromatic N) is 1. The smallest absolute Gasteiger partial charge is 0.225 e. The SMILES string of the molecule is C=C(C)CCN(C)C(=O)C1CCC1. The second kappa shape index (κ2) is 4.45. The molecule has 0 radical (unpaired) electrons. The third-order valence-electron chi connectivity index (χ3n) is 2.70. The Morgan fingerprint density at radius 3 is 2.54 bits per heavy atom. The van der Waals surface area contributed by atoms with Crippen LogP contribution in [0.25, 0.3) is 0 Å². The summed E-state index contributed by atoms with van der Waals surface area (Å²) >= 11 is 0. The lowest BCUT2D eigenvalue weighted by atomic mass is 9.84. The van der Waals surface area contributed by atoms with Gasteiger partial charge in [0.2, 0.25) is 5.91 Å². The molecule has 0 aromatic heterocycles. The van der Waals surface area contributed by atoms with Gasteiger partial charge in [0.25, 0.3) is 0 Å². The second-order valence-electron chi connectivity index (χ2n) is 4.09. The number of carbonyl (C=O) groups excluding carboxylic acids is 1. The molecule has 0 bridgehead atoms. The summed E-state index contributed by atoms with van der Waals surface area (Å²) in [7, 11) is 1.89. The highest BCUT2D eigenvalue weighted by atomic mass is 16.2. The molecule has 1 fully saturated rings. The molecular formula is C11H19NO. The van der Waals surface area contributed by atoms with Crippen LogP contribution in [-0.4, -0.2) is 24.4 Å². The molecule has 0 N–H and O–H groups in total. The van der Waals surface area contributed by atoms with E-state index in [1.54, 1.807) is 0 Å². The first-order chi connectivity index (χ1) is 6.11. The molecule has 0 aliphatic heterocycles. The molecule has 0 atom stereocenters. The lowest BCUT2D eigenvalue weighted by molar-refractivity contribution is -0.136. The van der Waals surface area contributed by atoms with E-state index in [1.165, 1.54) is 6.42 Å². The molecule has 0 aromatic rings. The van der Waals surface area contributed by atoms with Gasteiger partial charge in [-0.2, -0.15) is 0 Å². The minimum atomic E-state index is 0.326. The van der Waals surface area contributed by atoms with Crippen LogP contribution in [-0.2, 0) is 4.79 Å². The van der Waals surface area contributed by atoms with Crippen molar-refractivity contribution in [2.75, 3.05) is 13.6 Å². The van der Waals surface area contributed by atoms with Crippen molar-refractivity contribution >= 4 is 5.91 Å². The van der Waals surface area contributed by atoms with Gasteiger partial charge >= 0.3 is 0 Å². The van der Waals surface area contributed by atoms with E-state index in [4.69, 9.17) is 0 Å². The average Bonchev–Trinajstić information content (AvgIpc) is 1.96. The molecule has 0 heterocycles. The average molecular weight is 181 g/mol. The van der Waals surface area contributed by atoms with Crippen LogP contribution in [0.15, 0.2) is 12.2 Å². The van der Waals surface area contributed by atoms with Crippen molar-refractivity contribution in [3.8, 4) is 0 Å². The van der Waals surface area contributed by atoms with Gasteiger partial charge < -0.3 is 4.90 Å². The number of hydrogen-bond acceptors (Lipinski definition) is 1. The van der Waals surface area contributed by atoms with Crippen molar-refractivity contribution in [1.82, 2.24) is 4.90 Å². The first kappa shape index (κ1) is 10.3. The topological polar surface area (TPSA) is 20.3 Å². The summed E-state index contributed by atoms with van der Waals surface area (Å²) < 4.78 is 0. The van der Waals surface area contributed by atoms with Gasteiger partial charge in [-0.3, -0.25) is 4.79 Å². The molecule has 1 rings (SSSR count). The Balaban J connectivity index is 2.25. The Hall–Kier alpha value is -0.790. The van der Waals surface area contributed by atoms with E-state index in [-0.39, 0.29) is 0 Å². The molecule has 0 unspecified atom stereocenters. The van der Waals surface area contributed by atoms with Gasteiger partial charge in [-0.05, 0) is 26.2 Å². The minimum Gasteiger partial charge on any atom is -0.345 e. The van der Waals surface area contributed by atoms with E-state index in [1.807, 2.05) is 18.9 Å². The molecule has 1 amide bonds. The van der Waals surface area contributed by atoms with E-state index >= 15 is 0 Å². The molecule has 0 aromatic carbocycles. The second-order valence-corrected chi connectivity index (χ2v) is 4.09. The summed E-state index contributed by atoms with van der Waals surface area (Å²) in [6, 6.07) is 0. The van der Waals surface area contributed by atoms with E-state index in [0.717, 1.165) is 31.4 Å². The fourth-order valence-corrected chi connectivity index (χ4v) is 1.44. The van der Waals surface area contributed by atoms with Crippen LogP contribution >= 0.6 is 0 Å². The first-order valence-corrected chi connectivity index (χ1v) is 5.00. The normalized spacial score (nSPS) is 16.5. The number of carbonyl (C=O) groups is 1. The third-order valence-corrected chi connectivity index (χ3v) is 2.70. The molecule has 0 spiro atoms. The lowest BCUT2D eigenvalue weighted by Gasteiger charge is -2.29. The molecule has 2 nitrogen and oxygen atoms in total. The van der Waals surface area contributed by atoms with E-state index in [0.29, 0.717) is 11.8 Å². The van der Waals surface area contributed by atoms with Gasteiger partial charge in [0, 0.05) is 19.5 Å². The largest absolute Gasteiger partial charge is 0.345 e. The first-order valence-electron chi connectivity index (χ1n) is 5.00. The maximum Gasteiger partial charge on any atom is 0.225 e. The molecular weight excluding hydrogens is 162 g/mol. The molecule has 13 heavy (non-hydrogen) atoms. The van der Waals surface area contributed by atoms with Crippen LogP contribution < -0.4 is 0 Å². The predicted molar refractivity (Wildman–Crippen MR) is 54.4 cm³/mol. The maximum atomic E-state index is 11.6. The molecule has 1 aliphatic carbocycles. The number of rotatable bonds is 4. The zero-order valence-electron chi connectivity index (χ0n) is 8.68. The summed E-state index contributed by atoms with van der Waals surface area (Å²) in [4.78, 5) is 13.5. The molecule has 2 heteroatoms. The summed E-state index contributed by atoms with van der Waals surface area (Å²) in [5.74, 6) is 0.655. The molecule has 0 saturated heterocycles. The van der Waals surface area contributed by atoms with Gasteiger partial charge in [-0.1, -0.05) is 12.0 Å². The zero-order valence-corrected chi connectivity index (χ0v) is 8.68. The summed E-state index contributed by atoms with van der Waals surface area (Å²) in [5, 5.41) is 0. The third kappa shape index (κ3) is 2.87. The summed E-state index contributed by atoms with van der Waals surface area (Å²) in [5.41, 5.74) is 1.15. The lowest BCUT2D eigenvalue weighted by Crippen LogP contribution is -2.36. The highest BCUT2D eigenvalue weighted by Gasteiger charge is 2.27. The Bertz CT molecular complexity index is 206. The highest BCUT2D eigenvalue weighted by Crippen LogP contribution is 2.27. The van der Waals surface area contributed by atoms with Gasteiger partial charge in [0.1, 0.15) is 0 Å². The van der Waals surface area contributed by atoms with Crippen LogP contribution in [0.3, 0.4) is 0 Å². The maximum absolute atomic E-state index is 11.6. The summed E-state index contributed by atoms with van der Waals surface area (Å²) in [6.07, 6.45) is 4.34. The minimum absolute atomic E-state index is 0.326. The number of hydrogen-bond donors (Lipinski definition) is 0. The van der Waals surface area contributed by atoms with Gasteiger partial charge in [-0.15, -0.1) is 6.58 Å². The van der Waals surface area contributed by atoms with Crippen LogP contribution in [0.1, 0.15) is 32.6 Å². The zero-order chi connectivity index (χ0) is 9.84. The van der Waals surface area contributed by atoms with Crippen LogP contribution in [0.5, 0.6) is 0 Å². The Morgan fingerprint density at radius 2 is 2.15 bits per heavy atom. The monoisotopic (exact) mass is 181 g/mol. The fourth-order valence-electron chi connectivity index (χ4n) is 1.44. The van der Waals surface area contributed by atoms with E-state index in [9.17, 15) is 4.79 Å². The fraction of sp³-hybridized carbons (Fsp3) is 0.727. The Morgan fingerprint density at radius 1 is 1.54 bits per heavy atom. The van der Waals surface area contributed by atoms with Crippen molar-refractivity contribution in [2.45, 2.75) is 32.6 Å². The van der Waals surface area contributed by atoms with E-state index < -0.39 is 0 Å². The molecule has 74 valence electrons. The summed E-state index contributed by atoms with van der Waals surface area (Å²) in [6.45, 7) is 6.65. The Labute approximate surface area is 80.6 Å². The van der Waals surface area contributed by atoms with Crippen molar-refractivity contribution in [3.05, 3.63) is 12.2 Å². The highest BCUT2D eigenvalue weighted by molar-refractivity contribution is 5.79. The van der Waals surface area contributed by atoms with E-state index in [2.05, 4.69) is 6.58 Å².